The summed E-state index contributed by atoms with van der Waals surface area (Å²) in [5, 5.41) is 9.28. The number of rotatable bonds is 10. The van der Waals surface area contributed by atoms with Gasteiger partial charge in [0.15, 0.2) is 0 Å². The maximum Gasteiger partial charge on any atom is 0.416 e. The molecule has 3 aromatic carbocycles. The van der Waals surface area contributed by atoms with Crippen molar-refractivity contribution in [1.82, 2.24) is 9.88 Å². The van der Waals surface area contributed by atoms with E-state index in [1.165, 1.54) is 7.11 Å². The molecule has 0 atom stereocenters. The molecule has 0 bridgehead atoms. The van der Waals surface area contributed by atoms with Crippen LogP contribution in [0.25, 0.3) is 17.5 Å². The van der Waals surface area contributed by atoms with Crippen LogP contribution >= 0.6 is 0 Å². The number of nitrogens with zero attached hydrogens (tertiary/aromatic N) is 2. The second-order valence-electron chi connectivity index (χ2n) is 8.53. The first kappa shape index (κ1) is 26.2. The largest absolute Gasteiger partial charge is 0.497 e. The Labute approximate surface area is 220 Å². The number of aryl methyl sites for hydroxylation is 1. The molecule has 8 nitrogen and oxygen atoms in total. The molecule has 8 heteroatoms. The van der Waals surface area contributed by atoms with Gasteiger partial charge in [0.25, 0.3) is 0 Å². The highest BCUT2D eigenvalue weighted by Crippen LogP contribution is 2.22. The van der Waals surface area contributed by atoms with Gasteiger partial charge in [0, 0.05) is 18.5 Å². The molecule has 0 saturated heterocycles. The van der Waals surface area contributed by atoms with Gasteiger partial charge in [-0.1, -0.05) is 54.6 Å². The molecule has 0 radical (unpaired) electrons. The Bertz CT molecular complexity index is 1390. The van der Waals surface area contributed by atoms with Gasteiger partial charge in [-0.25, -0.2) is 9.78 Å². The van der Waals surface area contributed by atoms with Crippen LogP contribution in [0.3, 0.4) is 0 Å². The highest BCUT2D eigenvalue weighted by molar-refractivity contribution is 5.78. The molecule has 0 spiro atoms. The molecule has 194 valence electrons. The lowest BCUT2D eigenvalue weighted by Crippen LogP contribution is -2.37. The first-order valence-corrected chi connectivity index (χ1v) is 12.0. The van der Waals surface area contributed by atoms with Crippen LogP contribution in [0.15, 0.2) is 89.4 Å². The summed E-state index contributed by atoms with van der Waals surface area (Å²) in [5.74, 6) is 1.17. The van der Waals surface area contributed by atoms with Crippen molar-refractivity contribution in [3.8, 4) is 23.0 Å². The molecule has 0 unspecified atom stereocenters. The zero-order valence-electron chi connectivity index (χ0n) is 21.2. The van der Waals surface area contributed by atoms with Crippen LogP contribution in [0.1, 0.15) is 22.6 Å². The lowest BCUT2D eigenvalue weighted by molar-refractivity contribution is -0.138. The predicted octanol–water partition coefficient (Wildman–Crippen LogP) is 6.00. The van der Waals surface area contributed by atoms with Gasteiger partial charge in [-0.05, 0) is 54.4 Å². The van der Waals surface area contributed by atoms with Crippen LogP contribution in [-0.2, 0) is 17.8 Å². The van der Waals surface area contributed by atoms with E-state index in [9.17, 15) is 14.7 Å². The fourth-order valence-electron chi connectivity index (χ4n) is 3.74. The van der Waals surface area contributed by atoms with Gasteiger partial charge in [0.2, 0.25) is 5.89 Å². The van der Waals surface area contributed by atoms with E-state index in [0.29, 0.717) is 23.8 Å². The Hall–Kier alpha value is -4.85. The van der Waals surface area contributed by atoms with E-state index in [-0.39, 0.29) is 6.54 Å². The lowest BCUT2D eigenvalue weighted by atomic mass is 10.1. The average Bonchev–Trinajstić information content (AvgIpc) is 3.30. The van der Waals surface area contributed by atoms with E-state index >= 15 is 0 Å². The fourth-order valence-corrected chi connectivity index (χ4v) is 3.74. The maximum atomic E-state index is 12.7. The van der Waals surface area contributed by atoms with Gasteiger partial charge >= 0.3 is 12.1 Å². The van der Waals surface area contributed by atoms with Crippen molar-refractivity contribution in [2.75, 3.05) is 13.7 Å². The molecule has 1 N–H and O–H groups in total. The molecule has 0 aliphatic heterocycles. The summed E-state index contributed by atoms with van der Waals surface area (Å²) in [6.45, 7) is 1.50. The van der Waals surface area contributed by atoms with Gasteiger partial charge < -0.3 is 19.0 Å². The van der Waals surface area contributed by atoms with Crippen molar-refractivity contribution in [3.63, 3.8) is 0 Å². The van der Waals surface area contributed by atoms with Crippen LogP contribution in [0, 0.1) is 6.92 Å². The number of hydrogen-bond acceptors (Lipinski definition) is 6. The number of carboxylic acid groups (broad SMARTS) is 1. The minimum Gasteiger partial charge on any atom is -0.497 e. The van der Waals surface area contributed by atoms with Gasteiger partial charge in [-0.2, -0.15) is 0 Å². The van der Waals surface area contributed by atoms with Crippen molar-refractivity contribution in [2.45, 2.75) is 19.9 Å². The summed E-state index contributed by atoms with van der Waals surface area (Å²) in [6.07, 6.45) is 3.86. The number of ether oxygens (including phenoxy) is 2. The fraction of sp³-hybridized carbons (Fsp3) is 0.167. The van der Waals surface area contributed by atoms with E-state index in [1.807, 2.05) is 73.7 Å². The first-order valence-electron chi connectivity index (χ1n) is 12.0. The summed E-state index contributed by atoms with van der Waals surface area (Å²) < 4.78 is 16.3. The van der Waals surface area contributed by atoms with Gasteiger partial charge in [0.1, 0.15) is 23.8 Å². The number of amides is 1. The molecule has 0 fully saturated rings. The number of benzene rings is 3. The highest BCUT2D eigenvalue weighted by atomic mass is 16.6. The first-order chi connectivity index (χ1) is 18.4. The number of carbonyl (C=O) groups excluding carboxylic acids is 1. The molecular formula is C30H28N2O6. The normalized spacial score (nSPS) is 10.9. The second-order valence-corrected chi connectivity index (χ2v) is 8.53. The SMILES string of the molecule is COc1ccc(OC(=O)N(CC(=O)O)Cc2ccc(/C=C\Cc3nc(-c4ccccc4)oc3C)cc2)cc1. The Morgan fingerprint density at radius 3 is 2.32 bits per heavy atom. The number of aliphatic carboxylic acids is 1. The molecule has 0 aliphatic carbocycles. The van der Waals surface area contributed by atoms with E-state index in [0.717, 1.165) is 33.0 Å². The molecule has 0 saturated carbocycles. The summed E-state index contributed by atoms with van der Waals surface area (Å²) in [5.41, 5.74) is 3.54. The zero-order valence-corrected chi connectivity index (χ0v) is 21.2. The third-order valence-electron chi connectivity index (χ3n) is 5.74. The number of carbonyl (C=O) groups is 2. The summed E-state index contributed by atoms with van der Waals surface area (Å²) in [7, 11) is 1.54. The number of allylic oxidation sites excluding steroid dienone is 1. The van der Waals surface area contributed by atoms with Crippen molar-refractivity contribution in [1.29, 1.82) is 0 Å². The van der Waals surface area contributed by atoms with Crippen molar-refractivity contribution >= 4 is 18.1 Å². The quantitative estimate of drug-likeness (QED) is 0.278. The molecule has 1 aromatic heterocycles. The molecular weight excluding hydrogens is 484 g/mol. The minimum absolute atomic E-state index is 0.0890. The standard InChI is InChI=1S/C30H28N2O6/c1-21-27(31-29(37-21)24-8-4-3-5-9-24)10-6-7-22-11-13-23(14-12-22)19-32(20-28(33)34)30(35)38-26-17-15-25(36-2)16-18-26/h3-9,11-18H,10,19-20H2,1-2H3,(H,33,34)/b7-6-. The number of carboxylic acids is 1. The van der Waals surface area contributed by atoms with Crippen LogP contribution in [0.2, 0.25) is 0 Å². The Kier molecular flexibility index (Phi) is 8.56. The van der Waals surface area contributed by atoms with Gasteiger partial charge in [-0.3, -0.25) is 9.69 Å². The van der Waals surface area contributed by atoms with Crippen LogP contribution < -0.4 is 9.47 Å². The maximum absolute atomic E-state index is 12.7. The molecule has 38 heavy (non-hydrogen) atoms. The summed E-state index contributed by atoms with van der Waals surface area (Å²) >= 11 is 0. The monoisotopic (exact) mass is 512 g/mol. The topological polar surface area (TPSA) is 102 Å². The summed E-state index contributed by atoms with van der Waals surface area (Å²) in [6, 6.07) is 23.8. The van der Waals surface area contributed by atoms with Crippen molar-refractivity contribution in [2.24, 2.45) is 0 Å². The molecule has 4 aromatic rings. The van der Waals surface area contributed by atoms with E-state index in [1.54, 1.807) is 24.3 Å². The van der Waals surface area contributed by atoms with Gasteiger partial charge in [-0.15, -0.1) is 0 Å². The highest BCUT2D eigenvalue weighted by Gasteiger charge is 2.19. The third-order valence-corrected chi connectivity index (χ3v) is 5.74. The Morgan fingerprint density at radius 2 is 1.66 bits per heavy atom. The number of oxazole rings is 1. The van der Waals surface area contributed by atoms with Crippen LogP contribution in [0.4, 0.5) is 4.79 Å². The van der Waals surface area contributed by atoms with E-state index < -0.39 is 18.6 Å². The van der Waals surface area contributed by atoms with Crippen LogP contribution in [0.5, 0.6) is 11.5 Å². The number of methoxy groups -OCH3 is 1. The average molecular weight is 513 g/mol. The lowest BCUT2D eigenvalue weighted by Gasteiger charge is -2.20. The Morgan fingerprint density at radius 1 is 0.974 bits per heavy atom. The third kappa shape index (κ3) is 7.10. The summed E-state index contributed by atoms with van der Waals surface area (Å²) in [4.78, 5) is 29.8. The second kappa shape index (κ2) is 12.4. The Balaban J connectivity index is 1.36. The van der Waals surface area contributed by atoms with Crippen molar-refractivity contribution < 1.29 is 28.6 Å². The van der Waals surface area contributed by atoms with Crippen LogP contribution in [-0.4, -0.2) is 40.7 Å². The van der Waals surface area contributed by atoms with E-state index in [4.69, 9.17) is 13.9 Å². The molecule has 0 aliphatic rings. The number of hydrogen-bond donors (Lipinski definition) is 1. The molecule has 1 heterocycles. The van der Waals surface area contributed by atoms with Gasteiger partial charge in [0.05, 0.1) is 12.8 Å². The zero-order chi connectivity index (χ0) is 26.9. The minimum atomic E-state index is -1.13. The number of aromatic nitrogens is 1. The molecule has 4 rings (SSSR count). The van der Waals surface area contributed by atoms with E-state index in [2.05, 4.69) is 4.98 Å². The smallest absolute Gasteiger partial charge is 0.416 e. The molecule has 1 amide bonds. The predicted molar refractivity (Wildman–Crippen MR) is 143 cm³/mol. The van der Waals surface area contributed by atoms with Crippen molar-refractivity contribution in [3.05, 3.63) is 108 Å².